The number of hydrogen-bond donors (Lipinski definition) is 3. The Balaban J connectivity index is 2.36. The van der Waals surface area contributed by atoms with E-state index in [4.69, 9.17) is 14.9 Å². The molecular formula is C17H21N3O4. The summed E-state index contributed by atoms with van der Waals surface area (Å²) in [5.74, 6) is -0.368. The number of aryl methyl sites for hydroxylation is 1. The summed E-state index contributed by atoms with van der Waals surface area (Å²) in [6.07, 6.45) is 0.390. The standard InChI is InChI=1S/C17H21N3O4/c1-4-24-17(22)14(18)12-7-8-19-16(21)15(12)20-13-6-5-11(23-3)9-10(13)2/h5-6,9,18,20H,4,7-8H2,1-3H3,(H,19,21). The minimum atomic E-state index is -0.729. The van der Waals surface area contributed by atoms with Gasteiger partial charge in [-0.3, -0.25) is 10.2 Å². The van der Waals surface area contributed by atoms with E-state index in [0.29, 0.717) is 30.0 Å². The van der Waals surface area contributed by atoms with Crippen LogP contribution in [0.15, 0.2) is 29.5 Å². The van der Waals surface area contributed by atoms with Crippen molar-refractivity contribution in [2.45, 2.75) is 20.3 Å². The molecule has 0 bridgehead atoms. The molecule has 3 N–H and O–H groups in total. The van der Waals surface area contributed by atoms with Gasteiger partial charge in [-0.15, -0.1) is 0 Å². The monoisotopic (exact) mass is 331 g/mol. The summed E-state index contributed by atoms with van der Waals surface area (Å²) in [7, 11) is 1.58. The average Bonchev–Trinajstić information content (AvgIpc) is 2.57. The maximum atomic E-state index is 12.2. The second kappa shape index (κ2) is 7.63. The van der Waals surface area contributed by atoms with E-state index in [-0.39, 0.29) is 23.9 Å². The van der Waals surface area contributed by atoms with Crippen LogP contribution in [0, 0.1) is 12.3 Å². The van der Waals surface area contributed by atoms with Gasteiger partial charge < -0.3 is 20.1 Å². The van der Waals surface area contributed by atoms with Crippen LogP contribution in [0.3, 0.4) is 0 Å². The Hall–Kier alpha value is -2.83. The van der Waals surface area contributed by atoms with Gasteiger partial charge in [0.2, 0.25) is 0 Å². The lowest BCUT2D eigenvalue weighted by molar-refractivity contribution is -0.135. The Morgan fingerprint density at radius 3 is 2.79 bits per heavy atom. The van der Waals surface area contributed by atoms with E-state index >= 15 is 0 Å². The minimum Gasteiger partial charge on any atom is -0.497 e. The number of methoxy groups -OCH3 is 1. The molecule has 1 aliphatic rings. The molecule has 0 saturated heterocycles. The van der Waals surface area contributed by atoms with Crippen molar-refractivity contribution >= 4 is 23.3 Å². The number of hydrogen-bond acceptors (Lipinski definition) is 6. The zero-order valence-corrected chi connectivity index (χ0v) is 14.0. The Labute approximate surface area is 140 Å². The summed E-state index contributed by atoms with van der Waals surface area (Å²) in [4.78, 5) is 24.1. The highest BCUT2D eigenvalue weighted by molar-refractivity contribution is 6.43. The van der Waals surface area contributed by atoms with Crippen LogP contribution in [0.5, 0.6) is 5.75 Å². The van der Waals surface area contributed by atoms with E-state index in [2.05, 4.69) is 10.6 Å². The first-order chi connectivity index (χ1) is 11.5. The molecule has 0 aromatic heterocycles. The van der Waals surface area contributed by atoms with Gasteiger partial charge in [0.25, 0.3) is 5.91 Å². The van der Waals surface area contributed by atoms with Crippen molar-refractivity contribution in [1.29, 1.82) is 5.41 Å². The number of anilines is 1. The lowest BCUT2D eigenvalue weighted by Gasteiger charge is -2.22. The first kappa shape index (κ1) is 17.5. The number of carbonyl (C=O) groups is 2. The normalized spacial score (nSPS) is 14.0. The maximum absolute atomic E-state index is 12.2. The van der Waals surface area contributed by atoms with Crippen molar-refractivity contribution in [3.05, 3.63) is 35.0 Å². The van der Waals surface area contributed by atoms with Crippen LogP contribution in [0.25, 0.3) is 0 Å². The molecule has 0 unspecified atom stereocenters. The third-order valence-electron chi connectivity index (χ3n) is 3.66. The Morgan fingerprint density at radius 2 is 2.17 bits per heavy atom. The second-order valence-corrected chi connectivity index (χ2v) is 5.26. The molecule has 1 aromatic carbocycles. The predicted molar refractivity (Wildman–Crippen MR) is 90.4 cm³/mol. The van der Waals surface area contributed by atoms with E-state index in [1.165, 1.54) is 0 Å². The van der Waals surface area contributed by atoms with Gasteiger partial charge in [-0.05, 0) is 44.0 Å². The number of esters is 1. The highest BCUT2D eigenvalue weighted by Crippen LogP contribution is 2.25. The first-order valence-electron chi connectivity index (χ1n) is 7.67. The van der Waals surface area contributed by atoms with Crippen LogP contribution in [-0.2, 0) is 14.3 Å². The minimum absolute atomic E-state index is 0.182. The number of benzene rings is 1. The Kier molecular flexibility index (Phi) is 5.57. The molecule has 0 atom stereocenters. The summed E-state index contributed by atoms with van der Waals surface area (Å²) in [6, 6.07) is 5.39. The topological polar surface area (TPSA) is 101 Å². The fourth-order valence-corrected chi connectivity index (χ4v) is 2.40. The van der Waals surface area contributed by atoms with Gasteiger partial charge in [0.1, 0.15) is 17.2 Å². The summed E-state index contributed by atoms with van der Waals surface area (Å²) in [5, 5.41) is 13.8. The molecule has 7 nitrogen and oxygen atoms in total. The van der Waals surface area contributed by atoms with Gasteiger partial charge in [-0.25, -0.2) is 4.79 Å². The van der Waals surface area contributed by atoms with Gasteiger partial charge in [0, 0.05) is 17.8 Å². The number of carbonyl (C=O) groups excluding carboxylic acids is 2. The van der Waals surface area contributed by atoms with Gasteiger partial charge in [0.05, 0.1) is 13.7 Å². The second-order valence-electron chi connectivity index (χ2n) is 5.26. The molecule has 2 rings (SSSR count). The van der Waals surface area contributed by atoms with Crippen LogP contribution >= 0.6 is 0 Å². The molecule has 0 fully saturated rings. The highest BCUT2D eigenvalue weighted by atomic mass is 16.5. The lowest BCUT2D eigenvalue weighted by Crippen LogP contribution is -2.38. The fourth-order valence-electron chi connectivity index (χ4n) is 2.40. The van der Waals surface area contributed by atoms with Crippen molar-refractivity contribution in [2.75, 3.05) is 25.6 Å². The molecular weight excluding hydrogens is 310 g/mol. The summed E-state index contributed by atoms with van der Waals surface area (Å²) >= 11 is 0. The van der Waals surface area contributed by atoms with Gasteiger partial charge >= 0.3 is 5.97 Å². The predicted octanol–water partition coefficient (Wildman–Crippen LogP) is 1.77. The molecule has 128 valence electrons. The van der Waals surface area contributed by atoms with Gasteiger partial charge in [-0.2, -0.15) is 0 Å². The van der Waals surface area contributed by atoms with Crippen molar-refractivity contribution in [2.24, 2.45) is 0 Å². The van der Waals surface area contributed by atoms with Crippen molar-refractivity contribution in [3.63, 3.8) is 0 Å². The molecule has 7 heteroatoms. The van der Waals surface area contributed by atoms with Crippen LogP contribution < -0.4 is 15.4 Å². The lowest BCUT2D eigenvalue weighted by atomic mass is 10.00. The molecule has 0 saturated carbocycles. The quantitative estimate of drug-likeness (QED) is 0.545. The summed E-state index contributed by atoms with van der Waals surface area (Å²) in [6.45, 7) is 4.11. The van der Waals surface area contributed by atoms with E-state index in [1.807, 2.05) is 13.0 Å². The molecule has 24 heavy (non-hydrogen) atoms. The molecule has 1 heterocycles. The molecule has 1 amide bonds. The van der Waals surface area contributed by atoms with Crippen LogP contribution in [0.2, 0.25) is 0 Å². The zero-order chi connectivity index (χ0) is 17.7. The zero-order valence-electron chi connectivity index (χ0n) is 14.0. The summed E-state index contributed by atoms with van der Waals surface area (Å²) < 4.78 is 10.0. The number of rotatable bonds is 6. The third-order valence-corrected chi connectivity index (χ3v) is 3.66. The molecule has 0 spiro atoms. The van der Waals surface area contributed by atoms with E-state index < -0.39 is 5.97 Å². The largest absolute Gasteiger partial charge is 0.497 e. The van der Waals surface area contributed by atoms with E-state index in [0.717, 1.165) is 5.56 Å². The smallest absolute Gasteiger partial charge is 0.356 e. The third kappa shape index (κ3) is 3.73. The van der Waals surface area contributed by atoms with Crippen molar-refractivity contribution in [1.82, 2.24) is 5.32 Å². The van der Waals surface area contributed by atoms with E-state index in [9.17, 15) is 9.59 Å². The van der Waals surface area contributed by atoms with Crippen LogP contribution in [0.1, 0.15) is 18.9 Å². The average molecular weight is 331 g/mol. The maximum Gasteiger partial charge on any atom is 0.356 e. The van der Waals surface area contributed by atoms with E-state index in [1.54, 1.807) is 26.2 Å². The van der Waals surface area contributed by atoms with Gasteiger partial charge in [0.15, 0.2) is 0 Å². The number of amides is 1. The fraction of sp³-hybridized carbons (Fsp3) is 0.353. The number of nitrogens with one attached hydrogen (secondary N) is 3. The number of ether oxygens (including phenoxy) is 2. The van der Waals surface area contributed by atoms with Crippen molar-refractivity contribution < 1.29 is 19.1 Å². The Morgan fingerprint density at radius 1 is 1.42 bits per heavy atom. The molecule has 1 aromatic rings. The highest BCUT2D eigenvalue weighted by Gasteiger charge is 2.27. The summed E-state index contributed by atoms with van der Waals surface area (Å²) in [5.41, 5.74) is 1.85. The van der Waals surface area contributed by atoms with Crippen LogP contribution in [0.4, 0.5) is 5.69 Å². The molecule has 0 aliphatic carbocycles. The van der Waals surface area contributed by atoms with Crippen molar-refractivity contribution in [3.8, 4) is 5.75 Å². The SMILES string of the molecule is CCOC(=O)C(=N)C1=C(Nc2ccc(OC)cc2C)C(=O)NCC1. The van der Waals surface area contributed by atoms with Crippen LogP contribution in [-0.4, -0.2) is 37.8 Å². The van der Waals surface area contributed by atoms with Gasteiger partial charge in [-0.1, -0.05) is 0 Å². The molecule has 1 aliphatic heterocycles. The first-order valence-corrected chi connectivity index (χ1v) is 7.67. The molecule has 0 radical (unpaired) electrons. The Bertz CT molecular complexity index is 710.